The van der Waals surface area contributed by atoms with Gasteiger partial charge in [-0.15, -0.1) is 0 Å². The molecular formula is C16H28N2O2. The molecule has 1 aliphatic heterocycles. The zero-order valence-corrected chi connectivity index (χ0v) is 12.8. The number of hydrogen-bond acceptors (Lipinski definition) is 3. The van der Waals surface area contributed by atoms with Gasteiger partial charge in [-0.05, 0) is 63.8 Å². The molecule has 0 bridgehead atoms. The van der Waals surface area contributed by atoms with Crippen molar-refractivity contribution in [2.45, 2.75) is 70.0 Å². The molecule has 3 atom stereocenters. The van der Waals surface area contributed by atoms with Crippen LogP contribution in [0.25, 0.3) is 0 Å². The molecule has 3 fully saturated rings. The van der Waals surface area contributed by atoms with E-state index in [2.05, 4.69) is 24.1 Å². The monoisotopic (exact) mass is 280 g/mol. The molecule has 2 aliphatic carbocycles. The molecule has 114 valence electrons. The average Bonchev–Trinajstić information content (AvgIpc) is 3.25. The molecule has 20 heavy (non-hydrogen) atoms. The van der Waals surface area contributed by atoms with Gasteiger partial charge in [-0.2, -0.15) is 0 Å². The van der Waals surface area contributed by atoms with Crippen LogP contribution < -0.4 is 5.32 Å². The zero-order chi connectivity index (χ0) is 14.3. The second-order valence-corrected chi connectivity index (χ2v) is 7.42. The van der Waals surface area contributed by atoms with Gasteiger partial charge in [0.25, 0.3) is 0 Å². The van der Waals surface area contributed by atoms with Crippen LogP contribution in [0.4, 0.5) is 0 Å². The van der Waals surface area contributed by atoms with Crippen LogP contribution in [0.5, 0.6) is 0 Å². The highest BCUT2D eigenvalue weighted by molar-refractivity contribution is 5.80. The largest absolute Gasteiger partial charge is 0.480 e. The Balaban J connectivity index is 1.73. The first-order valence-electron chi connectivity index (χ1n) is 8.26. The maximum atomic E-state index is 12.0. The number of nitrogens with zero attached hydrogens (tertiary/aromatic N) is 1. The summed E-state index contributed by atoms with van der Waals surface area (Å²) < 4.78 is 0. The topological polar surface area (TPSA) is 52.6 Å². The van der Waals surface area contributed by atoms with Gasteiger partial charge >= 0.3 is 5.97 Å². The normalized spacial score (nSPS) is 34.7. The van der Waals surface area contributed by atoms with Gasteiger partial charge in [-0.25, -0.2) is 0 Å². The van der Waals surface area contributed by atoms with Crippen LogP contribution >= 0.6 is 0 Å². The van der Waals surface area contributed by atoms with E-state index >= 15 is 0 Å². The summed E-state index contributed by atoms with van der Waals surface area (Å²) in [5.41, 5.74) is -0.685. The van der Waals surface area contributed by atoms with E-state index in [4.69, 9.17) is 0 Å². The lowest BCUT2D eigenvalue weighted by Gasteiger charge is -2.42. The van der Waals surface area contributed by atoms with Gasteiger partial charge in [0.2, 0.25) is 0 Å². The third-order valence-corrected chi connectivity index (χ3v) is 5.42. The number of hydrogen-bond donors (Lipinski definition) is 2. The lowest BCUT2D eigenvalue weighted by atomic mass is 9.87. The molecule has 0 aromatic rings. The van der Waals surface area contributed by atoms with Crippen LogP contribution in [0, 0.1) is 11.8 Å². The molecule has 1 heterocycles. The number of likely N-dealkylation sites (tertiary alicyclic amines) is 1. The lowest BCUT2D eigenvalue weighted by Crippen LogP contribution is -2.63. The van der Waals surface area contributed by atoms with Crippen LogP contribution in [0.2, 0.25) is 0 Å². The van der Waals surface area contributed by atoms with E-state index in [-0.39, 0.29) is 0 Å². The molecule has 3 aliphatic rings. The van der Waals surface area contributed by atoms with Crippen LogP contribution in [0.3, 0.4) is 0 Å². The highest BCUT2D eigenvalue weighted by Crippen LogP contribution is 2.43. The summed E-state index contributed by atoms with van der Waals surface area (Å²) in [7, 11) is 0. The minimum Gasteiger partial charge on any atom is -0.480 e. The van der Waals surface area contributed by atoms with E-state index in [1.807, 2.05) is 0 Å². The fraction of sp³-hybridized carbons (Fsp3) is 0.938. The third-order valence-electron chi connectivity index (χ3n) is 5.42. The van der Waals surface area contributed by atoms with E-state index in [1.54, 1.807) is 0 Å². The molecule has 0 spiro atoms. The van der Waals surface area contributed by atoms with E-state index < -0.39 is 11.5 Å². The zero-order valence-electron chi connectivity index (χ0n) is 12.8. The molecule has 2 saturated carbocycles. The van der Waals surface area contributed by atoms with E-state index in [1.165, 1.54) is 12.8 Å². The fourth-order valence-corrected chi connectivity index (χ4v) is 3.78. The molecular weight excluding hydrogens is 252 g/mol. The van der Waals surface area contributed by atoms with Crippen molar-refractivity contribution in [1.82, 2.24) is 10.2 Å². The first-order valence-corrected chi connectivity index (χ1v) is 8.26. The first kappa shape index (κ1) is 14.3. The summed E-state index contributed by atoms with van der Waals surface area (Å²) in [5, 5.41) is 13.4. The summed E-state index contributed by atoms with van der Waals surface area (Å²) in [4.78, 5) is 14.4. The number of piperidine rings is 1. The summed E-state index contributed by atoms with van der Waals surface area (Å²) >= 11 is 0. The smallest absolute Gasteiger partial charge is 0.325 e. The van der Waals surface area contributed by atoms with E-state index in [0.717, 1.165) is 38.1 Å². The maximum Gasteiger partial charge on any atom is 0.325 e. The van der Waals surface area contributed by atoms with Crippen LogP contribution in [0.15, 0.2) is 0 Å². The van der Waals surface area contributed by atoms with Gasteiger partial charge in [0, 0.05) is 18.6 Å². The Morgan fingerprint density at radius 3 is 2.45 bits per heavy atom. The van der Waals surface area contributed by atoms with Crippen molar-refractivity contribution in [3.05, 3.63) is 0 Å². The number of nitrogens with one attached hydrogen (secondary N) is 1. The SMILES string of the molecule is CC1CCN(CC(NC2CC2)(C(=O)O)C2CC2)C(C)C1. The Kier molecular flexibility index (Phi) is 3.80. The number of aliphatic carboxylic acids is 1. The molecule has 3 unspecified atom stereocenters. The molecule has 0 aromatic heterocycles. The summed E-state index contributed by atoms with van der Waals surface area (Å²) in [6.07, 6.45) is 6.84. The number of rotatable bonds is 6. The third kappa shape index (κ3) is 2.86. The van der Waals surface area contributed by atoms with Crippen molar-refractivity contribution in [2.24, 2.45) is 11.8 Å². The summed E-state index contributed by atoms with van der Waals surface area (Å²) in [5.74, 6) is 0.489. The first-order chi connectivity index (χ1) is 9.51. The quantitative estimate of drug-likeness (QED) is 0.782. The minimum atomic E-state index is -0.685. The predicted octanol–water partition coefficient (Wildman–Crippen LogP) is 2.09. The van der Waals surface area contributed by atoms with Gasteiger partial charge in [-0.1, -0.05) is 6.92 Å². The highest BCUT2D eigenvalue weighted by atomic mass is 16.4. The molecule has 3 rings (SSSR count). The standard InChI is InChI=1S/C16H28N2O2/c1-11-7-8-18(12(2)9-11)10-16(15(19)20,13-3-4-13)17-14-5-6-14/h11-14,17H,3-10H2,1-2H3,(H,19,20). The Hall–Kier alpha value is -0.610. The number of carbonyl (C=O) groups is 1. The molecule has 4 nitrogen and oxygen atoms in total. The second-order valence-electron chi connectivity index (χ2n) is 7.42. The summed E-state index contributed by atoms with van der Waals surface area (Å²) in [6, 6.07) is 0.961. The molecule has 4 heteroatoms. The highest BCUT2D eigenvalue weighted by Gasteiger charge is 2.54. The number of carboxylic acids is 1. The van der Waals surface area contributed by atoms with Gasteiger partial charge in [0.15, 0.2) is 0 Å². The maximum absolute atomic E-state index is 12.0. The predicted molar refractivity (Wildman–Crippen MR) is 78.7 cm³/mol. The van der Waals surface area contributed by atoms with Crippen LogP contribution in [-0.2, 0) is 4.79 Å². The van der Waals surface area contributed by atoms with Crippen molar-refractivity contribution in [3.63, 3.8) is 0 Å². The van der Waals surface area contributed by atoms with Crippen molar-refractivity contribution < 1.29 is 9.90 Å². The average molecular weight is 280 g/mol. The Bertz CT molecular complexity index is 379. The van der Waals surface area contributed by atoms with Crippen LogP contribution in [-0.4, -0.2) is 46.7 Å². The van der Waals surface area contributed by atoms with Gasteiger partial charge < -0.3 is 5.11 Å². The van der Waals surface area contributed by atoms with Crippen molar-refractivity contribution in [2.75, 3.05) is 13.1 Å². The van der Waals surface area contributed by atoms with Crippen molar-refractivity contribution >= 4 is 5.97 Å². The summed E-state index contributed by atoms with van der Waals surface area (Å²) in [6.45, 7) is 6.31. The Morgan fingerprint density at radius 1 is 1.25 bits per heavy atom. The number of carboxylic acid groups (broad SMARTS) is 1. The fourth-order valence-electron chi connectivity index (χ4n) is 3.78. The van der Waals surface area contributed by atoms with Crippen molar-refractivity contribution in [3.8, 4) is 0 Å². The van der Waals surface area contributed by atoms with Gasteiger partial charge in [0.05, 0.1) is 0 Å². The van der Waals surface area contributed by atoms with Crippen LogP contribution in [0.1, 0.15) is 52.4 Å². The Labute approximate surface area is 121 Å². The van der Waals surface area contributed by atoms with E-state index in [9.17, 15) is 9.90 Å². The van der Waals surface area contributed by atoms with Gasteiger partial charge in [-0.3, -0.25) is 15.0 Å². The molecule has 1 saturated heterocycles. The van der Waals surface area contributed by atoms with Crippen molar-refractivity contribution in [1.29, 1.82) is 0 Å². The molecule has 0 amide bonds. The molecule has 0 aromatic carbocycles. The minimum absolute atomic E-state index is 0.340. The molecule has 0 radical (unpaired) electrons. The van der Waals surface area contributed by atoms with Gasteiger partial charge in [0.1, 0.15) is 5.54 Å². The molecule has 2 N–H and O–H groups in total. The Morgan fingerprint density at radius 2 is 1.95 bits per heavy atom. The van der Waals surface area contributed by atoms with E-state index in [0.29, 0.717) is 24.5 Å². The lowest BCUT2D eigenvalue weighted by molar-refractivity contribution is -0.147. The second kappa shape index (κ2) is 5.30.